The van der Waals surface area contributed by atoms with Crippen molar-refractivity contribution >= 4 is 11.8 Å². The number of nitrogens with one attached hydrogen (secondary N) is 1. The van der Waals surface area contributed by atoms with Crippen LogP contribution < -0.4 is 5.32 Å². The molecule has 1 aromatic rings. The third-order valence-corrected chi connectivity index (χ3v) is 2.97. The SMILES string of the molecule is CCNC(C)c1c(F)cccc1SC. The van der Waals surface area contributed by atoms with Crippen molar-refractivity contribution in [1.82, 2.24) is 5.32 Å². The maximum atomic E-state index is 13.6. The first-order chi connectivity index (χ1) is 6.70. The second-order valence-corrected chi connectivity index (χ2v) is 3.98. The van der Waals surface area contributed by atoms with Crippen molar-refractivity contribution in [2.75, 3.05) is 12.8 Å². The molecule has 0 aliphatic rings. The molecular weight excluding hydrogens is 197 g/mol. The van der Waals surface area contributed by atoms with E-state index >= 15 is 0 Å². The zero-order valence-electron chi connectivity index (χ0n) is 8.80. The molecule has 3 heteroatoms. The van der Waals surface area contributed by atoms with Crippen LogP contribution in [0.2, 0.25) is 0 Å². The van der Waals surface area contributed by atoms with Crippen LogP contribution in [0, 0.1) is 5.82 Å². The van der Waals surface area contributed by atoms with E-state index in [0.717, 1.165) is 17.0 Å². The molecule has 1 aromatic carbocycles. The van der Waals surface area contributed by atoms with Crippen LogP contribution in [0.3, 0.4) is 0 Å². The Morgan fingerprint density at radius 2 is 2.21 bits per heavy atom. The van der Waals surface area contributed by atoms with E-state index in [1.165, 1.54) is 6.07 Å². The molecule has 0 spiro atoms. The number of rotatable bonds is 4. The van der Waals surface area contributed by atoms with Gasteiger partial charge in [0.15, 0.2) is 0 Å². The minimum absolute atomic E-state index is 0.0728. The molecule has 0 amide bonds. The van der Waals surface area contributed by atoms with Gasteiger partial charge in [0.1, 0.15) is 5.82 Å². The lowest BCUT2D eigenvalue weighted by Gasteiger charge is -2.16. The van der Waals surface area contributed by atoms with Crippen molar-refractivity contribution in [3.63, 3.8) is 0 Å². The lowest BCUT2D eigenvalue weighted by Crippen LogP contribution is -2.19. The van der Waals surface area contributed by atoms with Gasteiger partial charge >= 0.3 is 0 Å². The Balaban J connectivity index is 3.03. The fourth-order valence-corrected chi connectivity index (χ4v) is 2.23. The summed E-state index contributed by atoms with van der Waals surface area (Å²) in [5, 5.41) is 3.22. The van der Waals surface area contributed by atoms with E-state index in [9.17, 15) is 4.39 Å². The summed E-state index contributed by atoms with van der Waals surface area (Å²) in [4.78, 5) is 1.01. The van der Waals surface area contributed by atoms with E-state index in [4.69, 9.17) is 0 Å². The number of thioether (sulfide) groups is 1. The van der Waals surface area contributed by atoms with Crippen LogP contribution in [0.5, 0.6) is 0 Å². The first-order valence-corrected chi connectivity index (χ1v) is 5.99. The van der Waals surface area contributed by atoms with E-state index in [1.54, 1.807) is 17.8 Å². The smallest absolute Gasteiger partial charge is 0.129 e. The Labute approximate surface area is 89.1 Å². The Bertz CT molecular complexity index is 301. The molecule has 0 heterocycles. The summed E-state index contributed by atoms with van der Waals surface area (Å²) in [6, 6.07) is 5.30. The molecule has 0 saturated heterocycles. The van der Waals surface area contributed by atoms with Crippen molar-refractivity contribution in [2.45, 2.75) is 24.8 Å². The van der Waals surface area contributed by atoms with E-state index in [-0.39, 0.29) is 11.9 Å². The van der Waals surface area contributed by atoms with Gasteiger partial charge in [-0.2, -0.15) is 0 Å². The lowest BCUT2D eigenvalue weighted by atomic mass is 10.1. The van der Waals surface area contributed by atoms with Gasteiger partial charge in [-0.3, -0.25) is 0 Å². The van der Waals surface area contributed by atoms with E-state index in [2.05, 4.69) is 5.32 Å². The molecular formula is C11H16FNS. The van der Waals surface area contributed by atoms with Gasteiger partial charge in [0.05, 0.1) is 0 Å². The van der Waals surface area contributed by atoms with Gasteiger partial charge in [0, 0.05) is 16.5 Å². The molecule has 0 fully saturated rings. The summed E-state index contributed by atoms with van der Waals surface area (Å²) in [6.07, 6.45) is 1.97. The average molecular weight is 213 g/mol. The Kier molecular flexibility index (Phi) is 4.42. The zero-order valence-corrected chi connectivity index (χ0v) is 9.62. The number of benzene rings is 1. The van der Waals surface area contributed by atoms with Crippen LogP contribution in [0.4, 0.5) is 4.39 Å². The van der Waals surface area contributed by atoms with Crippen molar-refractivity contribution in [3.8, 4) is 0 Å². The Morgan fingerprint density at radius 1 is 1.50 bits per heavy atom. The predicted octanol–water partition coefficient (Wildman–Crippen LogP) is 3.22. The Hall–Kier alpha value is -0.540. The molecule has 78 valence electrons. The normalized spacial score (nSPS) is 12.9. The largest absolute Gasteiger partial charge is 0.310 e. The minimum Gasteiger partial charge on any atom is -0.310 e. The molecule has 1 N–H and O–H groups in total. The third kappa shape index (κ3) is 2.49. The summed E-state index contributed by atoms with van der Waals surface area (Å²) in [5.74, 6) is -0.120. The van der Waals surface area contributed by atoms with Crippen LogP contribution in [0.1, 0.15) is 25.5 Å². The van der Waals surface area contributed by atoms with Gasteiger partial charge in [-0.05, 0) is 31.9 Å². The van der Waals surface area contributed by atoms with Crippen LogP contribution in [0.25, 0.3) is 0 Å². The number of hydrogen-bond donors (Lipinski definition) is 1. The number of hydrogen-bond acceptors (Lipinski definition) is 2. The van der Waals surface area contributed by atoms with Crippen LogP contribution in [-0.2, 0) is 0 Å². The molecule has 1 atom stereocenters. The van der Waals surface area contributed by atoms with Gasteiger partial charge in [-0.25, -0.2) is 4.39 Å². The summed E-state index contributed by atoms with van der Waals surface area (Å²) < 4.78 is 13.6. The first-order valence-electron chi connectivity index (χ1n) is 4.76. The van der Waals surface area contributed by atoms with Gasteiger partial charge in [-0.15, -0.1) is 11.8 Å². The van der Waals surface area contributed by atoms with Crippen LogP contribution in [0.15, 0.2) is 23.1 Å². The number of halogens is 1. The molecule has 1 rings (SSSR count). The maximum Gasteiger partial charge on any atom is 0.129 e. The maximum absolute atomic E-state index is 13.6. The third-order valence-electron chi connectivity index (χ3n) is 2.18. The van der Waals surface area contributed by atoms with E-state index < -0.39 is 0 Å². The molecule has 1 unspecified atom stereocenters. The highest BCUT2D eigenvalue weighted by Gasteiger charge is 2.13. The van der Waals surface area contributed by atoms with E-state index in [1.807, 2.05) is 26.2 Å². The molecule has 0 radical (unpaired) electrons. The van der Waals surface area contributed by atoms with Crippen molar-refractivity contribution in [1.29, 1.82) is 0 Å². The van der Waals surface area contributed by atoms with Gasteiger partial charge < -0.3 is 5.32 Å². The molecule has 0 aliphatic heterocycles. The molecule has 0 bridgehead atoms. The van der Waals surface area contributed by atoms with Gasteiger partial charge in [0.25, 0.3) is 0 Å². The quantitative estimate of drug-likeness (QED) is 0.771. The predicted molar refractivity (Wildman–Crippen MR) is 60.3 cm³/mol. The summed E-state index contributed by atoms with van der Waals surface area (Å²) in [5.41, 5.74) is 0.779. The fraction of sp³-hybridized carbons (Fsp3) is 0.455. The molecule has 1 nitrogen and oxygen atoms in total. The highest BCUT2D eigenvalue weighted by atomic mass is 32.2. The van der Waals surface area contributed by atoms with Gasteiger partial charge in [-0.1, -0.05) is 13.0 Å². The average Bonchev–Trinajstić information content (AvgIpc) is 2.17. The molecule has 0 aromatic heterocycles. The Morgan fingerprint density at radius 3 is 2.79 bits per heavy atom. The standard InChI is InChI=1S/C11H16FNS/c1-4-13-8(2)11-9(12)6-5-7-10(11)14-3/h5-8,13H,4H2,1-3H3. The van der Waals surface area contributed by atoms with Gasteiger partial charge in [0.2, 0.25) is 0 Å². The molecule has 0 aliphatic carbocycles. The minimum atomic E-state index is -0.120. The summed E-state index contributed by atoms with van der Waals surface area (Å²) in [7, 11) is 0. The highest BCUT2D eigenvalue weighted by molar-refractivity contribution is 7.98. The second kappa shape index (κ2) is 5.37. The van der Waals surface area contributed by atoms with E-state index in [0.29, 0.717) is 0 Å². The second-order valence-electron chi connectivity index (χ2n) is 3.14. The molecule has 14 heavy (non-hydrogen) atoms. The first kappa shape index (κ1) is 11.5. The topological polar surface area (TPSA) is 12.0 Å². The van der Waals surface area contributed by atoms with Crippen molar-refractivity contribution in [3.05, 3.63) is 29.6 Å². The summed E-state index contributed by atoms with van der Waals surface area (Å²) >= 11 is 1.58. The lowest BCUT2D eigenvalue weighted by molar-refractivity contribution is 0.531. The molecule has 0 saturated carbocycles. The highest BCUT2D eigenvalue weighted by Crippen LogP contribution is 2.27. The fourth-order valence-electron chi connectivity index (χ4n) is 1.52. The van der Waals surface area contributed by atoms with Crippen LogP contribution >= 0.6 is 11.8 Å². The van der Waals surface area contributed by atoms with Crippen LogP contribution in [-0.4, -0.2) is 12.8 Å². The zero-order chi connectivity index (χ0) is 10.6. The van der Waals surface area contributed by atoms with Crippen molar-refractivity contribution < 1.29 is 4.39 Å². The monoisotopic (exact) mass is 213 g/mol. The van der Waals surface area contributed by atoms with Crippen molar-refractivity contribution in [2.24, 2.45) is 0 Å². The summed E-state index contributed by atoms with van der Waals surface area (Å²) in [6.45, 7) is 4.86.